The number of nitriles is 1. The van der Waals surface area contributed by atoms with Gasteiger partial charge in [0.25, 0.3) is 0 Å². The fraction of sp³-hybridized carbons (Fsp3) is 0.294. The van der Waals surface area contributed by atoms with Gasteiger partial charge in [0.1, 0.15) is 22.6 Å². The maximum Gasteiger partial charge on any atom is 0.158 e. The van der Waals surface area contributed by atoms with Crippen molar-refractivity contribution in [1.82, 2.24) is 25.1 Å². The molecule has 0 aromatic carbocycles. The predicted molar refractivity (Wildman–Crippen MR) is 103 cm³/mol. The second-order valence-corrected chi connectivity index (χ2v) is 7.60. The summed E-state index contributed by atoms with van der Waals surface area (Å²) in [5.41, 5.74) is 7.72. The molecule has 27 heavy (non-hydrogen) atoms. The maximum atomic E-state index is 8.81. The van der Waals surface area contributed by atoms with E-state index in [0.29, 0.717) is 23.4 Å². The average Bonchev–Trinajstić information content (AvgIpc) is 3.07. The number of hydrogen-bond donors (Lipinski definition) is 3. The highest BCUT2D eigenvalue weighted by atomic mass is 32.1. The molecule has 3 heterocycles. The van der Waals surface area contributed by atoms with Gasteiger partial charge in [-0.2, -0.15) is 5.26 Å². The molecule has 1 aliphatic carbocycles. The van der Waals surface area contributed by atoms with Crippen molar-refractivity contribution >= 4 is 28.7 Å². The van der Waals surface area contributed by atoms with E-state index in [0.717, 1.165) is 28.4 Å². The van der Waals surface area contributed by atoms with E-state index < -0.39 is 0 Å². The molecule has 10 heteroatoms. The summed E-state index contributed by atoms with van der Waals surface area (Å²) in [6.07, 6.45) is 6.54. The summed E-state index contributed by atoms with van der Waals surface area (Å²) in [7, 11) is 0. The van der Waals surface area contributed by atoms with Crippen LogP contribution in [0, 0.1) is 18.3 Å². The highest BCUT2D eigenvalue weighted by molar-refractivity contribution is 7.14. The third kappa shape index (κ3) is 3.84. The summed E-state index contributed by atoms with van der Waals surface area (Å²) in [5.74, 6) is 1.01. The first-order chi connectivity index (χ1) is 13.1. The number of nitrogens with two attached hydrogens (primary N) is 1. The number of nitrogens with zero attached hydrogens (tertiary/aromatic N) is 6. The minimum atomic E-state index is 0.245. The molecule has 0 amide bonds. The lowest BCUT2D eigenvalue weighted by atomic mass is 9.87. The molecule has 4 N–H and O–H groups in total. The number of nitrogens with one attached hydrogen (secondary N) is 2. The molecule has 136 valence electrons. The number of aryl methyl sites for hydroxylation is 1. The zero-order valence-corrected chi connectivity index (χ0v) is 15.4. The fourth-order valence-corrected chi connectivity index (χ4v) is 3.53. The van der Waals surface area contributed by atoms with Crippen LogP contribution in [0.25, 0.3) is 10.7 Å². The van der Waals surface area contributed by atoms with Gasteiger partial charge in [-0.1, -0.05) is 0 Å². The van der Waals surface area contributed by atoms with Crippen LogP contribution in [0.3, 0.4) is 0 Å². The molecule has 0 unspecified atom stereocenters. The highest BCUT2D eigenvalue weighted by Crippen LogP contribution is 2.33. The van der Waals surface area contributed by atoms with Crippen molar-refractivity contribution < 1.29 is 0 Å². The van der Waals surface area contributed by atoms with Crippen LogP contribution in [-0.2, 0) is 0 Å². The van der Waals surface area contributed by atoms with E-state index in [-0.39, 0.29) is 11.7 Å². The fourth-order valence-electron chi connectivity index (χ4n) is 2.77. The Bertz CT molecular complexity index is 986. The summed E-state index contributed by atoms with van der Waals surface area (Å²) < 4.78 is 0. The number of hydrogen-bond acceptors (Lipinski definition) is 10. The minimum absolute atomic E-state index is 0.245. The molecular formula is C17H17N9S. The van der Waals surface area contributed by atoms with Gasteiger partial charge in [-0.3, -0.25) is 0 Å². The van der Waals surface area contributed by atoms with Crippen LogP contribution < -0.4 is 16.4 Å². The Morgan fingerprint density at radius 1 is 1.15 bits per heavy atom. The van der Waals surface area contributed by atoms with Crippen molar-refractivity contribution in [3.8, 4) is 16.8 Å². The van der Waals surface area contributed by atoms with Gasteiger partial charge in [-0.25, -0.2) is 15.0 Å². The van der Waals surface area contributed by atoms with Crippen LogP contribution >= 0.6 is 11.3 Å². The molecule has 0 atom stereocenters. The van der Waals surface area contributed by atoms with E-state index >= 15 is 0 Å². The van der Waals surface area contributed by atoms with Crippen LogP contribution in [0.1, 0.15) is 23.4 Å². The molecule has 1 aliphatic rings. The molecule has 3 aromatic rings. The normalized spacial score (nSPS) is 18.4. The first-order valence-corrected chi connectivity index (χ1v) is 9.24. The lowest BCUT2D eigenvalue weighted by Crippen LogP contribution is -2.44. The van der Waals surface area contributed by atoms with Gasteiger partial charge in [0.15, 0.2) is 11.5 Å². The van der Waals surface area contributed by atoms with Gasteiger partial charge in [0.05, 0.1) is 18.1 Å². The zero-order valence-electron chi connectivity index (χ0n) is 14.5. The Balaban J connectivity index is 1.61. The van der Waals surface area contributed by atoms with Crippen LogP contribution in [0.15, 0.2) is 24.7 Å². The van der Waals surface area contributed by atoms with E-state index in [2.05, 4.69) is 35.8 Å². The SMILES string of the molecule is Cc1cnc(-c2nnc(Nc3cnc(C#N)cn3)cc2NC2CC(N)C2)s1. The van der Waals surface area contributed by atoms with Gasteiger partial charge in [0.2, 0.25) is 0 Å². The van der Waals surface area contributed by atoms with E-state index in [1.807, 2.05) is 25.3 Å². The van der Waals surface area contributed by atoms with Crippen molar-refractivity contribution in [2.75, 3.05) is 10.6 Å². The summed E-state index contributed by atoms with van der Waals surface area (Å²) in [6.45, 7) is 2.01. The number of anilines is 3. The second kappa shape index (κ2) is 7.22. The molecule has 1 saturated carbocycles. The van der Waals surface area contributed by atoms with Crippen molar-refractivity contribution in [2.24, 2.45) is 5.73 Å². The molecule has 3 aromatic heterocycles. The minimum Gasteiger partial charge on any atom is -0.380 e. The Morgan fingerprint density at radius 3 is 2.63 bits per heavy atom. The van der Waals surface area contributed by atoms with Gasteiger partial charge in [0, 0.05) is 29.2 Å². The molecular weight excluding hydrogens is 362 g/mol. The smallest absolute Gasteiger partial charge is 0.158 e. The van der Waals surface area contributed by atoms with Crippen LogP contribution in [0.4, 0.5) is 17.3 Å². The van der Waals surface area contributed by atoms with Crippen molar-refractivity contribution in [2.45, 2.75) is 31.8 Å². The van der Waals surface area contributed by atoms with Crippen LogP contribution in [0.2, 0.25) is 0 Å². The van der Waals surface area contributed by atoms with Gasteiger partial charge >= 0.3 is 0 Å². The Hall–Kier alpha value is -3.16. The Morgan fingerprint density at radius 2 is 2.00 bits per heavy atom. The summed E-state index contributed by atoms with van der Waals surface area (Å²) >= 11 is 1.57. The number of aromatic nitrogens is 5. The zero-order chi connectivity index (χ0) is 18.8. The molecule has 1 fully saturated rings. The quantitative estimate of drug-likeness (QED) is 0.609. The lowest BCUT2D eigenvalue weighted by molar-refractivity contribution is 0.373. The average molecular weight is 379 g/mol. The van der Waals surface area contributed by atoms with Gasteiger partial charge in [-0.15, -0.1) is 21.5 Å². The van der Waals surface area contributed by atoms with Crippen molar-refractivity contribution in [3.05, 3.63) is 35.2 Å². The first-order valence-electron chi connectivity index (χ1n) is 8.42. The van der Waals surface area contributed by atoms with Crippen molar-refractivity contribution in [3.63, 3.8) is 0 Å². The summed E-state index contributed by atoms with van der Waals surface area (Å²) in [5, 5.41) is 24.8. The first kappa shape index (κ1) is 17.3. The third-order valence-corrected chi connectivity index (χ3v) is 5.09. The Kier molecular flexibility index (Phi) is 4.62. The number of thiazole rings is 1. The van der Waals surface area contributed by atoms with E-state index in [4.69, 9.17) is 11.0 Å². The van der Waals surface area contributed by atoms with Crippen LogP contribution in [-0.4, -0.2) is 37.2 Å². The van der Waals surface area contributed by atoms with Gasteiger partial charge < -0.3 is 16.4 Å². The van der Waals surface area contributed by atoms with E-state index in [1.54, 1.807) is 11.3 Å². The van der Waals surface area contributed by atoms with Gasteiger partial charge in [-0.05, 0) is 19.8 Å². The van der Waals surface area contributed by atoms with E-state index in [9.17, 15) is 0 Å². The largest absolute Gasteiger partial charge is 0.380 e. The van der Waals surface area contributed by atoms with E-state index in [1.165, 1.54) is 12.4 Å². The maximum absolute atomic E-state index is 8.81. The van der Waals surface area contributed by atoms with Crippen molar-refractivity contribution in [1.29, 1.82) is 5.26 Å². The molecule has 0 spiro atoms. The molecule has 0 bridgehead atoms. The monoisotopic (exact) mass is 379 g/mol. The molecule has 0 saturated heterocycles. The molecule has 0 aliphatic heterocycles. The Labute approximate surface area is 159 Å². The standard InChI is InChI=1S/C17H17N9S/c1-9-6-22-17(27-9)16-13(23-11-2-10(19)3-11)4-14(25-26-16)24-15-8-20-12(5-18)7-21-15/h4,6-8,10-11H,2-3,19H2,1H3,(H2,21,23,24,25). The molecule has 4 rings (SSSR count). The lowest BCUT2D eigenvalue weighted by Gasteiger charge is -2.34. The van der Waals surface area contributed by atoms with Crippen LogP contribution in [0.5, 0.6) is 0 Å². The third-order valence-electron chi connectivity index (χ3n) is 4.17. The molecule has 9 nitrogen and oxygen atoms in total. The highest BCUT2D eigenvalue weighted by Gasteiger charge is 2.27. The predicted octanol–water partition coefficient (Wildman–Crippen LogP) is 2.22. The summed E-state index contributed by atoms with van der Waals surface area (Å²) in [6, 6.07) is 4.37. The second-order valence-electron chi connectivity index (χ2n) is 6.36. The number of rotatable bonds is 5. The summed E-state index contributed by atoms with van der Waals surface area (Å²) in [4.78, 5) is 13.7. The molecule has 0 radical (unpaired) electrons. The topological polar surface area (TPSA) is 138 Å².